The van der Waals surface area contributed by atoms with E-state index in [0.717, 1.165) is 5.56 Å². The van der Waals surface area contributed by atoms with Crippen LogP contribution in [-0.4, -0.2) is 35.9 Å². The minimum Gasteiger partial charge on any atom is -0.481 e. The highest BCUT2D eigenvalue weighted by atomic mass is 16.5. The Morgan fingerprint density at radius 1 is 1.36 bits per heavy atom. The average Bonchev–Trinajstić information content (AvgIpc) is 2.52. The van der Waals surface area contributed by atoms with E-state index in [1.165, 1.54) is 0 Å². The summed E-state index contributed by atoms with van der Waals surface area (Å²) in [5.41, 5.74) is 6.42. The molecule has 1 atom stereocenters. The van der Waals surface area contributed by atoms with Gasteiger partial charge in [0, 0.05) is 19.0 Å². The molecule has 0 bridgehead atoms. The van der Waals surface area contributed by atoms with E-state index >= 15 is 0 Å². The third-order valence-corrected chi connectivity index (χ3v) is 4.12. The first-order valence-electron chi connectivity index (χ1n) is 7.82. The van der Waals surface area contributed by atoms with Crippen molar-refractivity contribution in [2.45, 2.75) is 39.2 Å². The molecule has 22 heavy (non-hydrogen) atoms. The molecule has 2 rings (SSSR count). The number of benzene rings is 1. The summed E-state index contributed by atoms with van der Waals surface area (Å²) in [5, 5.41) is 0. The lowest BCUT2D eigenvalue weighted by Crippen LogP contribution is -2.47. The number of ether oxygens (including phenoxy) is 1. The zero-order valence-electron chi connectivity index (χ0n) is 13.2. The van der Waals surface area contributed by atoms with Crippen LogP contribution in [0.15, 0.2) is 24.3 Å². The molecule has 2 N–H and O–H groups in total. The summed E-state index contributed by atoms with van der Waals surface area (Å²) in [5.74, 6) is 0.330. The van der Waals surface area contributed by atoms with Gasteiger partial charge in [-0.2, -0.15) is 0 Å². The van der Waals surface area contributed by atoms with Gasteiger partial charge in [-0.25, -0.2) is 0 Å². The van der Waals surface area contributed by atoms with Gasteiger partial charge in [-0.1, -0.05) is 19.1 Å². The maximum atomic E-state index is 12.6. The average molecular weight is 304 g/mol. The van der Waals surface area contributed by atoms with Gasteiger partial charge in [-0.05, 0) is 43.9 Å². The fraction of sp³-hybridized carbons (Fsp3) is 0.529. The molecule has 1 aromatic carbocycles. The summed E-state index contributed by atoms with van der Waals surface area (Å²) >= 11 is 0. The van der Waals surface area contributed by atoms with Crippen LogP contribution in [-0.2, 0) is 9.59 Å². The van der Waals surface area contributed by atoms with Crippen LogP contribution in [0.5, 0.6) is 5.75 Å². The number of primary amides is 1. The van der Waals surface area contributed by atoms with Gasteiger partial charge in [0.15, 0.2) is 6.10 Å². The van der Waals surface area contributed by atoms with Gasteiger partial charge in [-0.3, -0.25) is 9.59 Å². The molecule has 2 amide bonds. The fourth-order valence-corrected chi connectivity index (χ4v) is 2.75. The molecule has 0 saturated carbocycles. The van der Waals surface area contributed by atoms with Crippen molar-refractivity contribution in [2.75, 3.05) is 13.1 Å². The van der Waals surface area contributed by atoms with Crippen molar-refractivity contribution in [3.05, 3.63) is 29.8 Å². The van der Waals surface area contributed by atoms with Crippen LogP contribution in [0.2, 0.25) is 0 Å². The molecule has 1 saturated heterocycles. The standard InChI is InChI=1S/C17H24N2O3/c1-3-15(22-14-6-4-5-12(2)11-14)17(21)19-9-7-13(8-10-19)16(18)20/h4-6,11,13,15H,3,7-10H2,1-2H3,(H2,18,20). The molecular formula is C17H24N2O3. The van der Waals surface area contributed by atoms with Crippen molar-refractivity contribution in [1.29, 1.82) is 0 Å². The monoisotopic (exact) mass is 304 g/mol. The number of rotatable bonds is 5. The lowest BCUT2D eigenvalue weighted by Gasteiger charge is -2.33. The van der Waals surface area contributed by atoms with E-state index < -0.39 is 6.10 Å². The van der Waals surface area contributed by atoms with Crippen LogP contribution in [0.1, 0.15) is 31.7 Å². The number of hydrogen-bond donors (Lipinski definition) is 1. The summed E-state index contributed by atoms with van der Waals surface area (Å²) in [4.78, 5) is 25.5. The second kappa shape index (κ2) is 7.29. The highest BCUT2D eigenvalue weighted by molar-refractivity contribution is 5.82. The Morgan fingerprint density at radius 3 is 2.59 bits per heavy atom. The molecule has 0 radical (unpaired) electrons. The van der Waals surface area contributed by atoms with E-state index in [2.05, 4.69) is 0 Å². The van der Waals surface area contributed by atoms with Crippen molar-refractivity contribution in [2.24, 2.45) is 11.7 Å². The number of carbonyl (C=O) groups excluding carboxylic acids is 2. The van der Waals surface area contributed by atoms with Crippen LogP contribution >= 0.6 is 0 Å². The Balaban J connectivity index is 1.96. The quantitative estimate of drug-likeness (QED) is 0.902. The van der Waals surface area contributed by atoms with Gasteiger partial charge in [0.05, 0.1) is 0 Å². The van der Waals surface area contributed by atoms with Gasteiger partial charge in [0.2, 0.25) is 5.91 Å². The first kappa shape index (κ1) is 16.3. The van der Waals surface area contributed by atoms with E-state index in [9.17, 15) is 9.59 Å². The minimum absolute atomic E-state index is 0.00748. The molecule has 1 heterocycles. The van der Waals surface area contributed by atoms with Crippen molar-refractivity contribution in [3.8, 4) is 5.75 Å². The zero-order valence-corrected chi connectivity index (χ0v) is 13.2. The third kappa shape index (κ3) is 4.00. The normalized spacial score (nSPS) is 17.1. The molecular weight excluding hydrogens is 280 g/mol. The fourth-order valence-electron chi connectivity index (χ4n) is 2.75. The first-order chi connectivity index (χ1) is 10.5. The second-order valence-corrected chi connectivity index (χ2v) is 5.83. The summed E-state index contributed by atoms with van der Waals surface area (Å²) in [6, 6.07) is 7.70. The Labute approximate surface area is 131 Å². The summed E-state index contributed by atoms with van der Waals surface area (Å²) in [6.07, 6.45) is 1.42. The van der Waals surface area contributed by atoms with Crippen LogP contribution in [0.3, 0.4) is 0 Å². The lowest BCUT2D eigenvalue weighted by molar-refractivity contribution is -0.141. The predicted octanol–water partition coefficient (Wildman–Crippen LogP) is 1.88. The number of likely N-dealkylation sites (tertiary alicyclic amines) is 1. The SMILES string of the molecule is CCC(Oc1cccc(C)c1)C(=O)N1CCC(C(N)=O)CC1. The van der Waals surface area contributed by atoms with Crippen LogP contribution in [0.4, 0.5) is 0 Å². The summed E-state index contributed by atoms with van der Waals surface area (Å²) < 4.78 is 5.85. The number of hydrogen-bond acceptors (Lipinski definition) is 3. The topological polar surface area (TPSA) is 72.6 Å². The second-order valence-electron chi connectivity index (χ2n) is 5.83. The van der Waals surface area contributed by atoms with Gasteiger partial charge >= 0.3 is 0 Å². The van der Waals surface area contributed by atoms with Crippen LogP contribution in [0.25, 0.3) is 0 Å². The Morgan fingerprint density at radius 2 is 2.05 bits per heavy atom. The summed E-state index contributed by atoms with van der Waals surface area (Å²) in [6.45, 7) is 5.07. The molecule has 1 fully saturated rings. The lowest BCUT2D eigenvalue weighted by atomic mass is 9.96. The van der Waals surface area contributed by atoms with E-state index in [4.69, 9.17) is 10.5 Å². The molecule has 1 aliphatic rings. The van der Waals surface area contributed by atoms with Gasteiger partial charge in [0.1, 0.15) is 5.75 Å². The van der Waals surface area contributed by atoms with Gasteiger partial charge in [0.25, 0.3) is 5.91 Å². The maximum absolute atomic E-state index is 12.6. The molecule has 0 spiro atoms. The number of aryl methyl sites for hydroxylation is 1. The molecule has 1 unspecified atom stereocenters. The van der Waals surface area contributed by atoms with Crippen molar-refractivity contribution >= 4 is 11.8 Å². The predicted molar refractivity (Wildman–Crippen MR) is 84.4 cm³/mol. The zero-order chi connectivity index (χ0) is 16.1. The molecule has 0 aromatic heterocycles. The van der Waals surface area contributed by atoms with E-state index in [1.807, 2.05) is 38.1 Å². The van der Waals surface area contributed by atoms with Crippen molar-refractivity contribution in [1.82, 2.24) is 4.90 Å². The third-order valence-electron chi connectivity index (χ3n) is 4.12. The van der Waals surface area contributed by atoms with Gasteiger partial charge in [-0.15, -0.1) is 0 Å². The Bertz CT molecular complexity index is 536. The number of nitrogens with zero attached hydrogens (tertiary/aromatic N) is 1. The minimum atomic E-state index is -0.480. The first-order valence-corrected chi connectivity index (χ1v) is 7.82. The number of carbonyl (C=O) groups is 2. The van der Waals surface area contributed by atoms with E-state index in [-0.39, 0.29) is 17.7 Å². The van der Waals surface area contributed by atoms with Crippen LogP contribution < -0.4 is 10.5 Å². The maximum Gasteiger partial charge on any atom is 0.263 e. The number of amides is 2. The van der Waals surface area contributed by atoms with Gasteiger partial charge < -0.3 is 15.4 Å². The summed E-state index contributed by atoms with van der Waals surface area (Å²) in [7, 11) is 0. The largest absolute Gasteiger partial charge is 0.481 e. The number of piperidine rings is 1. The van der Waals surface area contributed by atoms with E-state index in [1.54, 1.807) is 4.90 Å². The van der Waals surface area contributed by atoms with Crippen molar-refractivity contribution < 1.29 is 14.3 Å². The molecule has 120 valence electrons. The highest BCUT2D eigenvalue weighted by Crippen LogP contribution is 2.20. The Kier molecular flexibility index (Phi) is 5.41. The molecule has 1 aliphatic heterocycles. The molecule has 5 nitrogen and oxygen atoms in total. The van der Waals surface area contributed by atoms with E-state index in [0.29, 0.717) is 38.1 Å². The smallest absolute Gasteiger partial charge is 0.263 e. The number of nitrogens with two attached hydrogens (primary N) is 1. The molecule has 0 aliphatic carbocycles. The van der Waals surface area contributed by atoms with Crippen molar-refractivity contribution in [3.63, 3.8) is 0 Å². The molecule has 1 aromatic rings. The Hall–Kier alpha value is -2.04. The highest BCUT2D eigenvalue weighted by Gasteiger charge is 2.30. The van der Waals surface area contributed by atoms with Crippen LogP contribution in [0, 0.1) is 12.8 Å². The molecule has 5 heteroatoms.